The summed E-state index contributed by atoms with van der Waals surface area (Å²) in [5, 5.41) is 3.06. The third kappa shape index (κ3) is 4.13. The molecule has 0 aliphatic carbocycles. The van der Waals surface area contributed by atoms with Gasteiger partial charge in [0.05, 0.1) is 31.2 Å². The standard InChI is InChI=1S/C22H27N3O2/c1-4-16(5-2)22(26)23-14-21-24-18-11-7-8-12-19(18)25(21)15-17-10-6-9-13-20(17)27-3/h6-13,16H,4-5,14-15H2,1-3H3,(H,23,26). The second-order valence-electron chi connectivity index (χ2n) is 6.65. The highest BCUT2D eigenvalue weighted by Gasteiger charge is 2.17. The van der Waals surface area contributed by atoms with Gasteiger partial charge in [0.2, 0.25) is 5.91 Å². The summed E-state index contributed by atoms with van der Waals surface area (Å²) in [6.07, 6.45) is 1.69. The van der Waals surface area contributed by atoms with Crippen molar-refractivity contribution in [2.75, 3.05) is 7.11 Å². The smallest absolute Gasteiger partial charge is 0.223 e. The van der Waals surface area contributed by atoms with Gasteiger partial charge in [-0.2, -0.15) is 0 Å². The number of methoxy groups -OCH3 is 1. The maximum Gasteiger partial charge on any atom is 0.223 e. The lowest BCUT2D eigenvalue weighted by molar-refractivity contribution is -0.125. The highest BCUT2D eigenvalue weighted by molar-refractivity contribution is 5.79. The Morgan fingerprint density at radius 3 is 2.56 bits per heavy atom. The first-order valence-electron chi connectivity index (χ1n) is 9.51. The topological polar surface area (TPSA) is 56.2 Å². The summed E-state index contributed by atoms with van der Waals surface area (Å²) in [5.74, 6) is 1.84. The molecule has 0 radical (unpaired) electrons. The van der Waals surface area contributed by atoms with Crippen LogP contribution in [0.2, 0.25) is 0 Å². The normalized spacial score (nSPS) is 11.1. The third-order valence-electron chi connectivity index (χ3n) is 5.03. The molecule has 142 valence electrons. The Kier molecular flexibility index (Phi) is 6.12. The fraction of sp³-hybridized carbons (Fsp3) is 0.364. The Bertz CT molecular complexity index is 913. The van der Waals surface area contributed by atoms with Gasteiger partial charge in [-0.15, -0.1) is 0 Å². The number of imidazole rings is 1. The van der Waals surface area contributed by atoms with E-state index in [0.29, 0.717) is 13.1 Å². The third-order valence-corrected chi connectivity index (χ3v) is 5.03. The summed E-state index contributed by atoms with van der Waals surface area (Å²) in [6, 6.07) is 16.0. The van der Waals surface area contributed by atoms with Crippen molar-refractivity contribution in [2.45, 2.75) is 39.8 Å². The average Bonchev–Trinajstić information content (AvgIpc) is 3.05. The molecule has 1 aromatic heterocycles. The second kappa shape index (κ2) is 8.71. The molecule has 0 fully saturated rings. The fourth-order valence-corrected chi connectivity index (χ4v) is 3.41. The van der Waals surface area contributed by atoms with Crippen LogP contribution in [0, 0.1) is 5.92 Å². The number of aromatic nitrogens is 2. The lowest BCUT2D eigenvalue weighted by atomic mass is 10.0. The van der Waals surface area contributed by atoms with Crippen LogP contribution in [-0.2, 0) is 17.9 Å². The molecule has 1 N–H and O–H groups in total. The van der Waals surface area contributed by atoms with Crippen LogP contribution >= 0.6 is 0 Å². The van der Waals surface area contributed by atoms with Crippen molar-refractivity contribution < 1.29 is 9.53 Å². The number of amides is 1. The van der Waals surface area contributed by atoms with Crippen LogP contribution in [0.4, 0.5) is 0 Å². The van der Waals surface area contributed by atoms with Crippen molar-refractivity contribution in [3.8, 4) is 5.75 Å². The van der Waals surface area contributed by atoms with Crippen molar-refractivity contribution in [2.24, 2.45) is 5.92 Å². The number of hydrogen-bond acceptors (Lipinski definition) is 3. The minimum absolute atomic E-state index is 0.0528. The number of fused-ring (bicyclic) bond motifs is 1. The molecule has 5 nitrogen and oxygen atoms in total. The predicted molar refractivity (Wildman–Crippen MR) is 108 cm³/mol. The number of para-hydroxylation sites is 3. The van der Waals surface area contributed by atoms with Crippen molar-refractivity contribution in [3.63, 3.8) is 0 Å². The van der Waals surface area contributed by atoms with E-state index < -0.39 is 0 Å². The Balaban J connectivity index is 1.91. The summed E-state index contributed by atoms with van der Waals surface area (Å²) < 4.78 is 7.65. The first-order valence-corrected chi connectivity index (χ1v) is 9.51. The van der Waals surface area contributed by atoms with Crippen molar-refractivity contribution in [1.82, 2.24) is 14.9 Å². The fourth-order valence-electron chi connectivity index (χ4n) is 3.41. The number of hydrogen-bond donors (Lipinski definition) is 1. The van der Waals surface area contributed by atoms with E-state index in [4.69, 9.17) is 9.72 Å². The molecule has 2 aromatic carbocycles. The number of carbonyl (C=O) groups excluding carboxylic acids is 1. The van der Waals surface area contributed by atoms with Gasteiger partial charge >= 0.3 is 0 Å². The molecule has 0 saturated carbocycles. The van der Waals surface area contributed by atoms with Crippen LogP contribution in [0.15, 0.2) is 48.5 Å². The molecular formula is C22H27N3O2. The van der Waals surface area contributed by atoms with E-state index in [1.165, 1.54) is 0 Å². The molecule has 0 bridgehead atoms. The molecular weight excluding hydrogens is 338 g/mol. The van der Waals surface area contributed by atoms with Crippen molar-refractivity contribution >= 4 is 16.9 Å². The number of nitrogens with zero attached hydrogens (tertiary/aromatic N) is 2. The van der Waals surface area contributed by atoms with Crippen molar-refractivity contribution in [1.29, 1.82) is 0 Å². The molecule has 1 amide bonds. The molecule has 3 aromatic rings. The minimum atomic E-state index is 0.0528. The van der Waals surface area contributed by atoms with Crippen LogP contribution in [0.3, 0.4) is 0 Å². The van der Waals surface area contributed by atoms with Gasteiger partial charge in [0, 0.05) is 11.5 Å². The van der Waals surface area contributed by atoms with Crippen LogP contribution < -0.4 is 10.1 Å². The van der Waals surface area contributed by atoms with Gasteiger partial charge in [-0.1, -0.05) is 44.2 Å². The molecule has 0 aliphatic rings. The molecule has 5 heteroatoms. The van der Waals surface area contributed by atoms with Gasteiger partial charge in [-0.3, -0.25) is 4.79 Å². The molecule has 0 spiro atoms. The zero-order valence-electron chi connectivity index (χ0n) is 16.2. The van der Waals surface area contributed by atoms with Crippen LogP contribution in [0.5, 0.6) is 5.75 Å². The molecule has 3 rings (SSSR count). The quantitative estimate of drug-likeness (QED) is 0.652. The second-order valence-corrected chi connectivity index (χ2v) is 6.65. The predicted octanol–water partition coefficient (Wildman–Crippen LogP) is 4.15. The van der Waals surface area contributed by atoms with Gasteiger partial charge < -0.3 is 14.6 Å². The average molecular weight is 365 g/mol. The SMILES string of the molecule is CCC(CC)C(=O)NCc1nc2ccccc2n1Cc1ccccc1OC. The van der Waals surface area contributed by atoms with Gasteiger partial charge in [0.25, 0.3) is 0 Å². The Hall–Kier alpha value is -2.82. The summed E-state index contributed by atoms with van der Waals surface area (Å²) in [7, 11) is 1.68. The zero-order chi connectivity index (χ0) is 19.2. The first kappa shape index (κ1) is 19.0. The molecule has 0 saturated heterocycles. The van der Waals surface area contributed by atoms with E-state index in [9.17, 15) is 4.79 Å². The van der Waals surface area contributed by atoms with Crippen LogP contribution in [0.25, 0.3) is 11.0 Å². The van der Waals surface area contributed by atoms with E-state index >= 15 is 0 Å². The Morgan fingerprint density at radius 2 is 1.81 bits per heavy atom. The van der Waals surface area contributed by atoms with E-state index in [0.717, 1.165) is 41.0 Å². The molecule has 0 atom stereocenters. The van der Waals surface area contributed by atoms with Gasteiger partial charge in [-0.05, 0) is 31.0 Å². The first-order chi connectivity index (χ1) is 13.2. The van der Waals surface area contributed by atoms with E-state index in [-0.39, 0.29) is 11.8 Å². The van der Waals surface area contributed by atoms with Gasteiger partial charge in [-0.25, -0.2) is 4.98 Å². The monoisotopic (exact) mass is 365 g/mol. The van der Waals surface area contributed by atoms with Crippen LogP contribution in [0.1, 0.15) is 38.1 Å². The van der Waals surface area contributed by atoms with E-state index in [1.807, 2.05) is 50.2 Å². The molecule has 1 heterocycles. The summed E-state index contributed by atoms with van der Waals surface area (Å²) in [5.41, 5.74) is 3.06. The van der Waals surface area contributed by atoms with Gasteiger partial charge in [0.15, 0.2) is 0 Å². The Labute approximate surface area is 160 Å². The minimum Gasteiger partial charge on any atom is -0.496 e. The highest BCUT2D eigenvalue weighted by atomic mass is 16.5. The summed E-state index contributed by atoms with van der Waals surface area (Å²) in [6.45, 7) is 5.15. The molecule has 27 heavy (non-hydrogen) atoms. The zero-order valence-corrected chi connectivity index (χ0v) is 16.2. The molecule has 0 unspecified atom stereocenters. The highest BCUT2D eigenvalue weighted by Crippen LogP contribution is 2.23. The number of benzene rings is 2. The van der Waals surface area contributed by atoms with E-state index in [2.05, 4.69) is 22.0 Å². The molecule has 0 aliphatic heterocycles. The largest absolute Gasteiger partial charge is 0.496 e. The maximum absolute atomic E-state index is 12.4. The summed E-state index contributed by atoms with van der Waals surface area (Å²) in [4.78, 5) is 17.2. The van der Waals surface area contributed by atoms with Gasteiger partial charge in [0.1, 0.15) is 11.6 Å². The number of nitrogens with one attached hydrogen (secondary N) is 1. The maximum atomic E-state index is 12.4. The Morgan fingerprint density at radius 1 is 1.11 bits per heavy atom. The summed E-state index contributed by atoms with van der Waals surface area (Å²) >= 11 is 0. The number of carbonyl (C=O) groups is 1. The number of ether oxygens (including phenoxy) is 1. The van der Waals surface area contributed by atoms with Crippen LogP contribution in [-0.4, -0.2) is 22.6 Å². The lowest BCUT2D eigenvalue weighted by Crippen LogP contribution is -2.30. The van der Waals surface area contributed by atoms with E-state index in [1.54, 1.807) is 7.11 Å². The lowest BCUT2D eigenvalue weighted by Gasteiger charge is -2.15. The van der Waals surface area contributed by atoms with Crippen molar-refractivity contribution in [3.05, 3.63) is 59.9 Å². The number of rotatable bonds is 8.